The van der Waals surface area contributed by atoms with Crippen LogP contribution in [0.15, 0.2) is 65.5 Å². The van der Waals surface area contributed by atoms with Crippen LogP contribution in [0.3, 0.4) is 0 Å². The van der Waals surface area contributed by atoms with Gasteiger partial charge in [0.15, 0.2) is 0 Å². The number of carbonyl (C=O) groups is 2. The molecule has 0 bridgehead atoms. The van der Waals surface area contributed by atoms with Crippen molar-refractivity contribution in [1.29, 1.82) is 0 Å². The Hall–Kier alpha value is -3.61. The summed E-state index contributed by atoms with van der Waals surface area (Å²) >= 11 is 0. The molecule has 1 saturated heterocycles. The molecule has 3 aromatic rings. The van der Waals surface area contributed by atoms with Crippen molar-refractivity contribution in [3.05, 3.63) is 83.6 Å². The Morgan fingerprint density at radius 3 is 2.65 bits per heavy atom. The minimum Gasteiger partial charge on any atom is -0.497 e. The van der Waals surface area contributed by atoms with E-state index in [9.17, 15) is 9.59 Å². The third kappa shape index (κ3) is 5.14. The molecular formula is C27H31N3O4. The summed E-state index contributed by atoms with van der Waals surface area (Å²) in [5, 5.41) is 0. The largest absolute Gasteiger partial charge is 0.497 e. The second-order valence-electron chi connectivity index (χ2n) is 8.80. The maximum Gasteiger partial charge on any atom is 0.257 e. The molecule has 0 unspecified atom stereocenters. The number of amides is 2. The average Bonchev–Trinajstić information content (AvgIpc) is 3.32. The van der Waals surface area contributed by atoms with Crippen molar-refractivity contribution in [1.82, 2.24) is 14.8 Å². The van der Waals surface area contributed by atoms with E-state index in [1.54, 1.807) is 44.0 Å². The molecule has 1 aromatic carbocycles. The molecule has 178 valence electrons. The number of carbonyl (C=O) groups excluding carboxylic acids is 2. The molecule has 7 nitrogen and oxygen atoms in total. The summed E-state index contributed by atoms with van der Waals surface area (Å²) in [7, 11) is 3.52. The number of methoxy groups -OCH3 is 1. The first-order chi connectivity index (χ1) is 16.5. The molecule has 4 rings (SSSR count). The van der Waals surface area contributed by atoms with Gasteiger partial charge in [0, 0.05) is 38.6 Å². The van der Waals surface area contributed by atoms with Crippen LogP contribution in [0.1, 0.15) is 44.9 Å². The summed E-state index contributed by atoms with van der Waals surface area (Å²) < 4.78 is 10.7. The third-order valence-corrected chi connectivity index (χ3v) is 6.77. The summed E-state index contributed by atoms with van der Waals surface area (Å²) in [6.45, 7) is 3.11. The highest BCUT2D eigenvalue weighted by Gasteiger charge is 2.34. The second kappa shape index (κ2) is 10.5. The highest BCUT2D eigenvalue weighted by atomic mass is 16.5. The van der Waals surface area contributed by atoms with Gasteiger partial charge in [-0.15, -0.1) is 0 Å². The molecule has 1 aliphatic heterocycles. The van der Waals surface area contributed by atoms with E-state index in [0.717, 1.165) is 24.2 Å². The number of rotatable bonds is 7. The number of piperidine rings is 1. The first-order valence-corrected chi connectivity index (χ1v) is 11.6. The summed E-state index contributed by atoms with van der Waals surface area (Å²) in [4.78, 5) is 34.1. The lowest BCUT2D eigenvalue weighted by atomic mass is 9.84. The van der Waals surface area contributed by atoms with Gasteiger partial charge in [0.2, 0.25) is 0 Å². The normalized spacial score (nSPS) is 15.1. The summed E-state index contributed by atoms with van der Waals surface area (Å²) in [6, 6.07) is 13.3. The Labute approximate surface area is 200 Å². The van der Waals surface area contributed by atoms with Crippen LogP contribution in [0.4, 0.5) is 0 Å². The number of hydrogen-bond acceptors (Lipinski definition) is 5. The van der Waals surface area contributed by atoms with Gasteiger partial charge in [0.1, 0.15) is 11.5 Å². The van der Waals surface area contributed by atoms with Crippen LogP contribution in [-0.4, -0.2) is 59.9 Å². The molecule has 1 aliphatic rings. The number of nitrogens with zero attached hydrogens (tertiary/aromatic N) is 3. The third-order valence-electron chi connectivity index (χ3n) is 6.77. The number of benzene rings is 1. The first kappa shape index (κ1) is 23.5. The zero-order valence-electron chi connectivity index (χ0n) is 19.9. The Kier molecular flexibility index (Phi) is 7.30. The molecular weight excluding hydrogens is 430 g/mol. The number of aromatic nitrogens is 1. The fourth-order valence-electron chi connectivity index (χ4n) is 4.77. The van der Waals surface area contributed by atoms with Crippen LogP contribution >= 0.6 is 0 Å². The number of ether oxygens (including phenoxy) is 1. The standard InChI is InChI=1S/C27H31N3O4/c1-19-24(11-15-34-19)27(32)30-13-9-21(10-14-30)25(17-20-6-4-8-23(16-20)33-3)29(2)26(31)22-7-5-12-28-18-22/h4-8,11-12,15-16,18,21,25H,9-10,13-14,17H2,1-3H3/t25-/m1/s1. The van der Waals surface area contributed by atoms with Crippen LogP contribution in [0, 0.1) is 12.8 Å². The van der Waals surface area contributed by atoms with E-state index >= 15 is 0 Å². The van der Waals surface area contributed by atoms with E-state index in [0.29, 0.717) is 36.4 Å². The second-order valence-corrected chi connectivity index (χ2v) is 8.80. The fraction of sp³-hybridized carbons (Fsp3) is 0.370. The number of furan rings is 1. The summed E-state index contributed by atoms with van der Waals surface area (Å²) in [6.07, 6.45) is 7.18. The van der Waals surface area contributed by atoms with Crippen molar-refractivity contribution in [2.75, 3.05) is 27.2 Å². The number of hydrogen-bond donors (Lipinski definition) is 0. The lowest BCUT2D eigenvalue weighted by Crippen LogP contribution is -2.48. The van der Waals surface area contributed by atoms with Crippen LogP contribution in [0.5, 0.6) is 5.75 Å². The summed E-state index contributed by atoms with van der Waals surface area (Å²) in [5.41, 5.74) is 2.31. The predicted octanol–water partition coefficient (Wildman–Crippen LogP) is 4.23. The Balaban J connectivity index is 1.52. The Morgan fingerprint density at radius 2 is 2.00 bits per heavy atom. The molecule has 7 heteroatoms. The van der Waals surface area contributed by atoms with E-state index in [2.05, 4.69) is 11.1 Å². The van der Waals surface area contributed by atoms with Gasteiger partial charge in [0.25, 0.3) is 11.8 Å². The molecule has 34 heavy (non-hydrogen) atoms. The average molecular weight is 462 g/mol. The topological polar surface area (TPSA) is 75.9 Å². The van der Waals surface area contributed by atoms with Gasteiger partial charge >= 0.3 is 0 Å². The van der Waals surface area contributed by atoms with Gasteiger partial charge in [-0.2, -0.15) is 0 Å². The molecule has 2 amide bonds. The molecule has 2 aromatic heterocycles. The molecule has 0 aliphatic carbocycles. The van der Waals surface area contributed by atoms with Crippen LogP contribution < -0.4 is 4.74 Å². The lowest BCUT2D eigenvalue weighted by Gasteiger charge is -2.40. The first-order valence-electron chi connectivity index (χ1n) is 11.6. The van der Waals surface area contributed by atoms with Crippen molar-refractivity contribution in [2.45, 2.75) is 32.2 Å². The predicted molar refractivity (Wildman–Crippen MR) is 129 cm³/mol. The Bertz CT molecular complexity index is 1120. The molecule has 1 atom stereocenters. The van der Waals surface area contributed by atoms with Crippen molar-refractivity contribution in [3.8, 4) is 5.75 Å². The highest BCUT2D eigenvalue weighted by Crippen LogP contribution is 2.29. The van der Waals surface area contributed by atoms with Crippen LogP contribution in [0.25, 0.3) is 0 Å². The zero-order valence-corrected chi connectivity index (χ0v) is 19.9. The maximum atomic E-state index is 13.3. The van der Waals surface area contributed by atoms with Crippen molar-refractivity contribution in [3.63, 3.8) is 0 Å². The molecule has 0 spiro atoms. The van der Waals surface area contributed by atoms with Crippen molar-refractivity contribution >= 4 is 11.8 Å². The minimum absolute atomic E-state index is 0.00818. The van der Waals surface area contributed by atoms with Gasteiger partial charge < -0.3 is 19.0 Å². The summed E-state index contributed by atoms with van der Waals surface area (Å²) in [5.74, 6) is 1.66. The molecule has 0 N–H and O–H groups in total. The number of pyridine rings is 1. The van der Waals surface area contributed by atoms with Gasteiger partial charge in [-0.1, -0.05) is 12.1 Å². The van der Waals surface area contributed by atoms with E-state index < -0.39 is 0 Å². The van der Waals surface area contributed by atoms with Gasteiger partial charge in [-0.25, -0.2) is 0 Å². The monoisotopic (exact) mass is 461 g/mol. The molecule has 1 fully saturated rings. The maximum absolute atomic E-state index is 13.3. The SMILES string of the molecule is COc1cccc(C[C@H](C2CCN(C(=O)c3ccoc3C)CC2)N(C)C(=O)c2cccnc2)c1. The van der Waals surface area contributed by atoms with Gasteiger partial charge in [-0.05, 0) is 68.0 Å². The zero-order chi connectivity index (χ0) is 24.1. The van der Waals surface area contributed by atoms with E-state index in [4.69, 9.17) is 9.15 Å². The van der Waals surface area contributed by atoms with E-state index in [-0.39, 0.29) is 23.8 Å². The lowest BCUT2D eigenvalue weighted by molar-refractivity contribution is 0.0521. The van der Waals surface area contributed by atoms with Gasteiger partial charge in [0.05, 0.1) is 24.5 Å². The number of aryl methyl sites for hydroxylation is 1. The quantitative estimate of drug-likeness (QED) is 0.526. The number of likely N-dealkylation sites (tertiary alicyclic amines) is 1. The molecule has 0 saturated carbocycles. The van der Waals surface area contributed by atoms with Crippen LogP contribution in [0.2, 0.25) is 0 Å². The van der Waals surface area contributed by atoms with E-state index in [1.165, 1.54) is 0 Å². The highest BCUT2D eigenvalue weighted by molar-refractivity contribution is 5.95. The molecule has 0 radical (unpaired) electrons. The van der Waals surface area contributed by atoms with Gasteiger partial charge in [-0.3, -0.25) is 14.6 Å². The van der Waals surface area contributed by atoms with Crippen molar-refractivity contribution in [2.24, 2.45) is 5.92 Å². The van der Waals surface area contributed by atoms with E-state index in [1.807, 2.05) is 42.0 Å². The Morgan fingerprint density at radius 1 is 1.21 bits per heavy atom. The minimum atomic E-state index is -0.0477. The smallest absolute Gasteiger partial charge is 0.257 e. The van der Waals surface area contributed by atoms with Crippen molar-refractivity contribution < 1.29 is 18.7 Å². The van der Waals surface area contributed by atoms with Crippen LogP contribution in [-0.2, 0) is 6.42 Å². The molecule has 3 heterocycles. The fourth-order valence-corrected chi connectivity index (χ4v) is 4.77. The number of likely N-dealkylation sites (N-methyl/N-ethyl adjacent to an activating group) is 1.